The largest absolute Gasteiger partial charge is 0.492 e. The van der Waals surface area contributed by atoms with Crippen LogP contribution in [0.5, 0.6) is 5.75 Å². The van der Waals surface area contributed by atoms with Crippen molar-refractivity contribution >= 4 is 38.9 Å². The molecule has 1 atom stereocenters. The number of hydrogen-bond acceptors (Lipinski definition) is 8. The molecule has 1 aromatic heterocycles. The van der Waals surface area contributed by atoms with Gasteiger partial charge in [-0.15, -0.1) is 11.3 Å². The molecule has 0 saturated carbocycles. The Bertz CT molecular complexity index is 1470. The highest BCUT2D eigenvalue weighted by Gasteiger charge is 2.39. The van der Waals surface area contributed by atoms with Gasteiger partial charge in [0.05, 0.1) is 23.9 Å². The van der Waals surface area contributed by atoms with E-state index in [0.717, 1.165) is 16.1 Å². The quantitative estimate of drug-likeness (QED) is 0.459. The van der Waals surface area contributed by atoms with Crippen LogP contribution in [0.25, 0.3) is 11.1 Å². The van der Waals surface area contributed by atoms with Gasteiger partial charge in [0.15, 0.2) is 0 Å². The summed E-state index contributed by atoms with van der Waals surface area (Å²) in [4.78, 5) is 21.8. The lowest BCUT2D eigenvalue weighted by Gasteiger charge is -2.44. The number of hydrogen-bond donors (Lipinski definition) is 2. The van der Waals surface area contributed by atoms with Crippen molar-refractivity contribution in [2.75, 3.05) is 46.4 Å². The summed E-state index contributed by atoms with van der Waals surface area (Å²) in [6.07, 6.45) is 2.10. The molecule has 40 heavy (non-hydrogen) atoms. The third-order valence-corrected chi connectivity index (χ3v) is 10.1. The number of β-amino-alcohol motifs (C(OH)–C–C–N with tert-alkyl or cyclic N) is 1. The van der Waals surface area contributed by atoms with Gasteiger partial charge in [-0.3, -0.25) is 4.79 Å². The summed E-state index contributed by atoms with van der Waals surface area (Å²) < 4.78 is 35.5. The number of carbonyl (C=O) groups excluding carboxylic acids is 1. The predicted octanol–water partition coefficient (Wildman–Crippen LogP) is 3.66. The second-order valence-electron chi connectivity index (χ2n) is 10.7. The van der Waals surface area contributed by atoms with E-state index < -0.39 is 16.1 Å². The number of carbonyl (C=O) groups is 1. The smallest absolute Gasteiger partial charge is 0.265 e. The first kappa shape index (κ1) is 29.0. The molecule has 3 heterocycles. The number of aryl methyl sites for hydroxylation is 1. The molecule has 9 nitrogen and oxygen atoms in total. The molecule has 0 aliphatic carbocycles. The minimum absolute atomic E-state index is 0.0200. The maximum atomic E-state index is 13.3. The van der Waals surface area contributed by atoms with Crippen molar-refractivity contribution in [1.29, 1.82) is 0 Å². The highest BCUT2D eigenvalue weighted by Crippen LogP contribution is 2.37. The van der Waals surface area contributed by atoms with Crippen LogP contribution in [-0.4, -0.2) is 86.7 Å². The molecule has 5 rings (SSSR count). The van der Waals surface area contributed by atoms with E-state index in [9.17, 15) is 18.3 Å². The van der Waals surface area contributed by atoms with Crippen molar-refractivity contribution in [1.82, 2.24) is 19.5 Å². The molecule has 2 aromatic carbocycles. The van der Waals surface area contributed by atoms with E-state index in [1.54, 1.807) is 30.5 Å². The number of ether oxygens (including phenoxy) is 1. The Morgan fingerprint density at radius 3 is 2.55 bits per heavy atom. The fourth-order valence-corrected chi connectivity index (χ4v) is 7.46. The Kier molecular flexibility index (Phi) is 8.51. The summed E-state index contributed by atoms with van der Waals surface area (Å²) >= 11 is 7.45. The van der Waals surface area contributed by atoms with Crippen LogP contribution < -0.4 is 9.46 Å². The van der Waals surface area contributed by atoms with E-state index in [1.807, 2.05) is 35.9 Å². The number of fused-ring (bicyclic) bond motifs is 1. The zero-order valence-corrected chi connectivity index (χ0v) is 24.9. The maximum Gasteiger partial charge on any atom is 0.265 e. The fourth-order valence-electron chi connectivity index (χ4n) is 5.39. The lowest BCUT2D eigenvalue weighted by atomic mass is 9.78. The maximum absolute atomic E-state index is 13.3. The van der Waals surface area contributed by atoms with Crippen LogP contribution in [0.1, 0.15) is 27.5 Å². The summed E-state index contributed by atoms with van der Waals surface area (Å²) in [7, 11) is -2.04. The van der Waals surface area contributed by atoms with E-state index >= 15 is 0 Å². The topological polar surface area (TPSA) is 112 Å². The van der Waals surface area contributed by atoms with Crippen molar-refractivity contribution in [2.24, 2.45) is 5.41 Å². The Morgan fingerprint density at radius 2 is 1.88 bits per heavy atom. The number of thiazole rings is 1. The number of aliphatic hydroxyl groups excluding tert-OH is 1. The van der Waals surface area contributed by atoms with Gasteiger partial charge in [0, 0.05) is 43.2 Å². The number of halogens is 1. The van der Waals surface area contributed by atoms with Gasteiger partial charge >= 0.3 is 0 Å². The molecule has 2 aliphatic heterocycles. The standard InChI is InChI=1S/C28H33ClN4O5S2/c1-19-30-15-25(39-19)27(35)33-11-9-28(10-12-33)17-32(2)16-23(34)14-31-40(36,37)26-8-5-21(13-24(26)38-18-28)20-3-6-22(29)7-4-20/h3-8,13,15,23,31,34H,9-12,14,16-18H2,1-2H3. The van der Waals surface area contributed by atoms with E-state index in [-0.39, 0.29) is 35.1 Å². The number of benzene rings is 2. The normalized spacial score (nSPS) is 21.6. The highest BCUT2D eigenvalue weighted by atomic mass is 35.5. The summed E-state index contributed by atoms with van der Waals surface area (Å²) in [6, 6.07) is 12.3. The average molecular weight is 605 g/mol. The summed E-state index contributed by atoms with van der Waals surface area (Å²) in [5.41, 5.74) is 1.32. The van der Waals surface area contributed by atoms with Crippen molar-refractivity contribution in [3.05, 3.63) is 63.6 Å². The van der Waals surface area contributed by atoms with Crippen LogP contribution in [-0.2, 0) is 10.0 Å². The van der Waals surface area contributed by atoms with E-state index in [1.165, 1.54) is 17.4 Å². The Hall–Kier alpha value is -2.54. The summed E-state index contributed by atoms with van der Waals surface area (Å²) in [5.74, 6) is 0.226. The molecular weight excluding hydrogens is 572 g/mol. The SMILES string of the molecule is Cc1ncc(C(=O)N2CCC3(CC2)COc2cc(-c4ccc(Cl)cc4)ccc2S(=O)(=O)NCC(O)CN(C)C3)s1. The second-order valence-corrected chi connectivity index (χ2v) is 14.1. The molecule has 1 spiro atoms. The first-order valence-corrected chi connectivity index (χ1v) is 15.8. The van der Waals surface area contributed by atoms with Gasteiger partial charge in [0.1, 0.15) is 15.5 Å². The number of piperidine rings is 1. The van der Waals surface area contributed by atoms with Gasteiger partial charge in [-0.2, -0.15) is 0 Å². The van der Waals surface area contributed by atoms with Gasteiger partial charge in [-0.25, -0.2) is 18.1 Å². The monoisotopic (exact) mass is 604 g/mol. The Labute approximate surface area is 243 Å². The number of sulfonamides is 1. The van der Waals surface area contributed by atoms with Crippen LogP contribution in [0.15, 0.2) is 53.6 Å². The number of aliphatic hydroxyl groups is 1. The highest BCUT2D eigenvalue weighted by molar-refractivity contribution is 7.89. The molecule has 0 bridgehead atoms. The molecular formula is C28H33ClN4O5S2. The molecule has 214 valence electrons. The zero-order chi connectivity index (χ0) is 28.5. The molecule has 1 amide bonds. The summed E-state index contributed by atoms with van der Waals surface area (Å²) in [5, 5.41) is 12.1. The van der Waals surface area contributed by atoms with E-state index in [0.29, 0.717) is 48.9 Å². The number of aromatic nitrogens is 1. The number of rotatable bonds is 2. The van der Waals surface area contributed by atoms with Crippen molar-refractivity contribution in [3.63, 3.8) is 0 Å². The number of nitrogens with one attached hydrogen (secondary N) is 1. The fraction of sp³-hybridized carbons (Fsp3) is 0.429. The van der Waals surface area contributed by atoms with Gasteiger partial charge < -0.3 is 19.6 Å². The number of likely N-dealkylation sites (N-methyl/N-ethyl adjacent to an activating group) is 1. The first-order chi connectivity index (χ1) is 19.0. The Morgan fingerprint density at radius 1 is 1.18 bits per heavy atom. The van der Waals surface area contributed by atoms with Crippen LogP contribution in [0, 0.1) is 12.3 Å². The number of likely N-dealkylation sites (tertiary alicyclic amines) is 1. The Balaban J connectivity index is 1.44. The lowest BCUT2D eigenvalue weighted by Crippen LogP contribution is -2.51. The minimum Gasteiger partial charge on any atom is -0.492 e. The van der Waals surface area contributed by atoms with Crippen molar-refractivity contribution in [2.45, 2.75) is 30.8 Å². The van der Waals surface area contributed by atoms with Gasteiger partial charge in [0.25, 0.3) is 5.91 Å². The number of amides is 1. The number of nitrogens with zero attached hydrogens (tertiary/aromatic N) is 3. The molecule has 1 fully saturated rings. The lowest BCUT2D eigenvalue weighted by molar-refractivity contribution is 0.0161. The van der Waals surface area contributed by atoms with Crippen LogP contribution in [0.4, 0.5) is 0 Å². The minimum atomic E-state index is -3.95. The molecule has 1 unspecified atom stereocenters. The van der Waals surface area contributed by atoms with Gasteiger partial charge in [0.2, 0.25) is 10.0 Å². The zero-order valence-electron chi connectivity index (χ0n) is 22.5. The van der Waals surface area contributed by atoms with Crippen molar-refractivity contribution in [3.8, 4) is 16.9 Å². The molecule has 12 heteroatoms. The van der Waals surface area contributed by atoms with Gasteiger partial charge in [-0.1, -0.05) is 29.8 Å². The third kappa shape index (κ3) is 6.50. The average Bonchev–Trinajstić information content (AvgIpc) is 3.37. The molecule has 2 N–H and O–H groups in total. The van der Waals surface area contributed by atoms with Gasteiger partial charge in [-0.05, 0) is 62.2 Å². The van der Waals surface area contributed by atoms with Crippen LogP contribution in [0.3, 0.4) is 0 Å². The second kappa shape index (κ2) is 11.8. The third-order valence-electron chi connectivity index (χ3n) is 7.52. The summed E-state index contributed by atoms with van der Waals surface area (Å²) in [6.45, 7) is 4.06. The predicted molar refractivity (Wildman–Crippen MR) is 155 cm³/mol. The first-order valence-electron chi connectivity index (χ1n) is 13.1. The van der Waals surface area contributed by atoms with E-state index in [2.05, 4.69) is 9.71 Å². The molecule has 0 radical (unpaired) electrons. The molecule has 1 saturated heterocycles. The van der Waals surface area contributed by atoms with Crippen LogP contribution in [0.2, 0.25) is 5.02 Å². The van der Waals surface area contributed by atoms with E-state index in [4.69, 9.17) is 16.3 Å². The van der Waals surface area contributed by atoms with Crippen LogP contribution >= 0.6 is 22.9 Å². The molecule has 3 aromatic rings. The van der Waals surface area contributed by atoms with Crippen molar-refractivity contribution < 1.29 is 23.1 Å². The molecule has 2 aliphatic rings.